The largest absolute Gasteiger partial charge is 0.396 e. The summed E-state index contributed by atoms with van der Waals surface area (Å²) >= 11 is 0. The Morgan fingerprint density at radius 3 is 2.59 bits per heavy atom. The number of aromatic nitrogens is 1. The highest BCUT2D eigenvalue weighted by Gasteiger charge is 2.18. The van der Waals surface area contributed by atoms with Gasteiger partial charge in [0.15, 0.2) is 0 Å². The fourth-order valence-electron chi connectivity index (χ4n) is 1.85. The Hall–Kier alpha value is -0.930. The van der Waals surface area contributed by atoms with Gasteiger partial charge in [0.25, 0.3) is 0 Å². The molecule has 96 valence electrons. The molecule has 1 aromatic heterocycles. The quantitative estimate of drug-likeness (QED) is 0.764. The Morgan fingerprint density at radius 2 is 2.00 bits per heavy atom. The number of nitrogens with one attached hydrogen (secondary N) is 1. The van der Waals surface area contributed by atoms with E-state index in [2.05, 4.69) is 31.1 Å². The van der Waals surface area contributed by atoms with Gasteiger partial charge in [0.2, 0.25) is 0 Å². The van der Waals surface area contributed by atoms with Gasteiger partial charge in [0.05, 0.1) is 0 Å². The third kappa shape index (κ3) is 5.29. The zero-order chi connectivity index (χ0) is 12.7. The maximum Gasteiger partial charge on any atom is 0.0431 e. The highest BCUT2D eigenvalue weighted by atomic mass is 16.2. The van der Waals surface area contributed by atoms with Crippen LogP contribution in [-0.4, -0.2) is 23.2 Å². The highest BCUT2D eigenvalue weighted by Crippen LogP contribution is 2.22. The SMILES string of the molecule is CC(NCC(C)(C)CCCO)c1ccncc1. The zero-order valence-corrected chi connectivity index (χ0v) is 11.1. The summed E-state index contributed by atoms with van der Waals surface area (Å²) in [5.74, 6) is 0. The van der Waals surface area contributed by atoms with Crippen LogP contribution >= 0.6 is 0 Å². The first-order valence-electron chi connectivity index (χ1n) is 6.29. The molecule has 2 N–H and O–H groups in total. The van der Waals surface area contributed by atoms with Crippen molar-refractivity contribution < 1.29 is 5.11 Å². The van der Waals surface area contributed by atoms with Crippen molar-refractivity contribution in [3.8, 4) is 0 Å². The average Bonchev–Trinajstić information content (AvgIpc) is 2.35. The first kappa shape index (κ1) is 14.1. The lowest BCUT2D eigenvalue weighted by molar-refractivity contribution is 0.233. The van der Waals surface area contributed by atoms with Crippen molar-refractivity contribution in [3.05, 3.63) is 30.1 Å². The summed E-state index contributed by atoms with van der Waals surface area (Å²) in [5.41, 5.74) is 1.49. The molecule has 0 aliphatic carbocycles. The van der Waals surface area contributed by atoms with Gasteiger partial charge >= 0.3 is 0 Å². The smallest absolute Gasteiger partial charge is 0.0431 e. The van der Waals surface area contributed by atoms with E-state index in [1.807, 2.05) is 24.5 Å². The maximum absolute atomic E-state index is 8.86. The minimum atomic E-state index is 0.226. The molecular formula is C14H24N2O. The summed E-state index contributed by atoms with van der Waals surface area (Å²) in [6, 6.07) is 4.42. The van der Waals surface area contributed by atoms with Crippen LogP contribution in [0.5, 0.6) is 0 Å². The fourth-order valence-corrected chi connectivity index (χ4v) is 1.85. The highest BCUT2D eigenvalue weighted by molar-refractivity contribution is 5.13. The van der Waals surface area contributed by atoms with Gasteiger partial charge in [0.1, 0.15) is 0 Å². The van der Waals surface area contributed by atoms with Gasteiger partial charge in [-0.3, -0.25) is 4.98 Å². The number of hydrogen-bond donors (Lipinski definition) is 2. The second-order valence-electron chi connectivity index (χ2n) is 5.37. The van der Waals surface area contributed by atoms with Crippen LogP contribution in [0.25, 0.3) is 0 Å². The molecule has 0 aliphatic heterocycles. The summed E-state index contributed by atoms with van der Waals surface area (Å²) in [6.45, 7) is 7.86. The van der Waals surface area contributed by atoms with Crippen LogP contribution in [0.3, 0.4) is 0 Å². The van der Waals surface area contributed by atoms with Crippen molar-refractivity contribution >= 4 is 0 Å². The Bertz CT molecular complexity index is 311. The van der Waals surface area contributed by atoms with E-state index in [-0.39, 0.29) is 12.0 Å². The predicted octanol–water partition coefficient (Wildman–Crippen LogP) is 2.53. The number of hydrogen-bond acceptors (Lipinski definition) is 3. The molecule has 3 heteroatoms. The third-order valence-electron chi connectivity index (χ3n) is 3.10. The van der Waals surface area contributed by atoms with E-state index in [0.717, 1.165) is 19.4 Å². The normalized spacial score (nSPS) is 13.6. The Labute approximate surface area is 104 Å². The molecule has 0 aliphatic rings. The van der Waals surface area contributed by atoms with E-state index >= 15 is 0 Å². The molecule has 0 aromatic carbocycles. The minimum Gasteiger partial charge on any atom is -0.396 e. The zero-order valence-electron chi connectivity index (χ0n) is 11.1. The molecule has 1 unspecified atom stereocenters. The maximum atomic E-state index is 8.86. The summed E-state index contributed by atoms with van der Waals surface area (Å²) in [6.07, 6.45) is 5.56. The van der Waals surface area contributed by atoms with Gasteiger partial charge < -0.3 is 10.4 Å². The van der Waals surface area contributed by atoms with Gasteiger partial charge in [-0.2, -0.15) is 0 Å². The van der Waals surface area contributed by atoms with Crippen molar-refractivity contribution in [1.29, 1.82) is 0 Å². The van der Waals surface area contributed by atoms with Crippen molar-refractivity contribution in [1.82, 2.24) is 10.3 Å². The molecule has 17 heavy (non-hydrogen) atoms. The molecule has 0 saturated carbocycles. The minimum absolute atomic E-state index is 0.226. The molecule has 0 spiro atoms. The topological polar surface area (TPSA) is 45.1 Å². The van der Waals surface area contributed by atoms with E-state index in [0.29, 0.717) is 6.04 Å². The first-order chi connectivity index (χ1) is 8.05. The molecule has 1 heterocycles. The van der Waals surface area contributed by atoms with E-state index in [9.17, 15) is 0 Å². The van der Waals surface area contributed by atoms with Crippen molar-refractivity contribution in [2.75, 3.05) is 13.2 Å². The lowest BCUT2D eigenvalue weighted by atomic mass is 9.87. The summed E-state index contributed by atoms with van der Waals surface area (Å²) < 4.78 is 0. The predicted molar refractivity (Wildman–Crippen MR) is 70.8 cm³/mol. The van der Waals surface area contributed by atoms with Crippen LogP contribution < -0.4 is 5.32 Å². The van der Waals surface area contributed by atoms with Gasteiger partial charge in [-0.25, -0.2) is 0 Å². The van der Waals surface area contributed by atoms with Crippen molar-refractivity contribution in [3.63, 3.8) is 0 Å². The Balaban J connectivity index is 2.40. The summed E-state index contributed by atoms with van der Waals surface area (Å²) in [7, 11) is 0. The van der Waals surface area contributed by atoms with Crippen LogP contribution in [0.1, 0.15) is 45.2 Å². The average molecular weight is 236 g/mol. The van der Waals surface area contributed by atoms with Gasteiger partial charge in [-0.15, -0.1) is 0 Å². The van der Waals surface area contributed by atoms with Gasteiger partial charge in [0, 0.05) is 31.6 Å². The Morgan fingerprint density at radius 1 is 1.35 bits per heavy atom. The lowest BCUT2D eigenvalue weighted by Crippen LogP contribution is -2.31. The summed E-state index contributed by atoms with van der Waals surface area (Å²) in [5, 5.41) is 12.4. The molecule has 0 amide bonds. The van der Waals surface area contributed by atoms with Gasteiger partial charge in [-0.05, 0) is 42.9 Å². The third-order valence-corrected chi connectivity index (χ3v) is 3.10. The monoisotopic (exact) mass is 236 g/mol. The van der Waals surface area contributed by atoms with Crippen molar-refractivity contribution in [2.45, 2.75) is 39.7 Å². The number of rotatable bonds is 7. The molecule has 0 fully saturated rings. The molecule has 0 bridgehead atoms. The van der Waals surface area contributed by atoms with Crippen LogP contribution in [0, 0.1) is 5.41 Å². The molecule has 1 rings (SSSR count). The second kappa shape index (κ2) is 6.72. The van der Waals surface area contributed by atoms with Crippen LogP contribution in [0.15, 0.2) is 24.5 Å². The number of aliphatic hydroxyl groups is 1. The number of pyridine rings is 1. The molecular weight excluding hydrogens is 212 g/mol. The Kier molecular flexibility index (Phi) is 5.59. The van der Waals surface area contributed by atoms with Gasteiger partial charge in [-0.1, -0.05) is 13.8 Å². The van der Waals surface area contributed by atoms with E-state index in [1.54, 1.807) is 0 Å². The molecule has 0 radical (unpaired) electrons. The summed E-state index contributed by atoms with van der Waals surface area (Å²) in [4.78, 5) is 4.02. The van der Waals surface area contributed by atoms with Crippen molar-refractivity contribution in [2.24, 2.45) is 5.41 Å². The van der Waals surface area contributed by atoms with E-state index < -0.39 is 0 Å². The van der Waals surface area contributed by atoms with E-state index in [4.69, 9.17) is 5.11 Å². The van der Waals surface area contributed by atoms with Crippen LogP contribution in [0.4, 0.5) is 0 Å². The first-order valence-corrected chi connectivity index (χ1v) is 6.29. The molecule has 1 aromatic rings. The van der Waals surface area contributed by atoms with E-state index in [1.165, 1.54) is 5.56 Å². The fraction of sp³-hybridized carbons (Fsp3) is 0.643. The number of nitrogens with zero attached hydrogens (tertiary/aromatic N) is 1. The molecule has 1 atom stereocenters. The number of aliphatic hydroxyl groups excluding tert-OH is 1. The van der Waals surface area contributed by atoms with Crippen LogP contribution in [0.2, 0.25) is 0 Å². The molecule has 0 saturated heterocycles. The lowest BCUT2D eigenvalue weighted by Gasteiger charge is -2.27. The standard InChI is InChI=1S/C14H24N2O/c1-12(13-5-8-15-9-6-13)16-11-14(2,3)7-4-10-17/h5-6,8-9,12,16-17H,4,7,10-11H2,1-3H3. The second-order valence-corrected chi connectivity index (χ2v) is 5.37. The van der Waals surface area contributed by atoms with Crippen LogP contribution in [-0.2, 0) is 0 Å². The molecule has 3 nitrogen and oxygen atoms in total.